The number of likely N-dealkylation sites (tertiary alicyclic amines) is 1. The monoisotopic (exact) mass is 353 g/mol. The first-order valence-electron chi connectivity index (χ1n) is 9.55. The minimum absolute atomic E-state index is 0.00618. The molecule has 1 aromatic carbocycles. The van der Waals surface area contributed by atoms with Gasteiger partial charge in [-0.15, -0.1) is 0 Å². The van der Waals surface area contributed by atoms with Crippen LogP contribution in [0.25, 0.3) is 0 Å². The van der Waals surface area contributed by atoms with Crippen molar-refractivity contribution in [2.24, 2.45) is 5.92 Å². The number of nitrogens with zero attached hydrogens (tertiary/aromatic N) is 1. The fourth-order valence-electron chi connectivity index (χ4n) is 4.49. The van der Waals surface area contributed by atoms with Crippen molar-refractivity contribution in [3.63, 3.8) is 0 Å². The summed E-state index contributed by atoms with van der Waals surface area (Å²) in [7, 11) is 0. The van der Waals surface area contributed by atoms with Gasteiger partial charge < -0.3 is 18.8 Å². The number of rotatable bonds is 3. The van der Waals surface area contributed by atoms with Crippen molar-refractivity contribution >= 4 is 5.91 Å². The molecule has 2 aromatic rings. The maximum Gasteiger partial charge on any atom is 0.289 e. The minimum atomic E-state index is 0.00618. The average molecular weight is 353 g/mol. The van der Waals surface area contributed by atoms with Crippen molar-refractivity contribution in [1.29, 1.82) is 0 Å². The van der Waals surface area contributed by atoms with Crippen LogP contribution in [-0.4, -0.2) is 37.1 Å². The lowest BCUT2D eigenvalue weighted by Crippen LogP contribution is -2.38. The van der Waals surface area contributed by atoms with E-state index >= 15 is 0 Å². The van der Waals surface area contributed by atoms with Gasteiger partial charge in [-0.05, 0) is 43.4 Å². The van der Waals surface area contributed by atoms with E-state index in [9.17, 15) is 4.79 Å². The summed E-state index contributed by atoms with van der Waals surface area (Å²) >= 11 is 0. The third kappa shape index (κ3) is 2.66. The lowest BCUT2D eigenvalue weighted by molar-refractivity contribution is 0.0658. The topological polar surface area (TPSA) is 51.9 Å². The highest BCUT2D eigenvalue weighted by molar-refractivity contribution is 5.91. The molecule has 0 atom stereocenters. The van der Waals surface area contributed by atoms with Gasteiger partial charge in [0.25, 0.3) is 5.91 Å². The van der Waals surface area contributed by atoms with E-state index in [1.165, 1.54) is 16.7 Å². The molecule has 1 amide bonds. The highest BCUT2D eigenvalue weighted by Gasteiger charge is 2.30. The van der Waals surface area contributed by atoms with E-state index in [-0.39, 0.29) is 5.91 Å². The largest absolute Gasteiger partial charge is 0.493 e. The van der Waals surface area contributed by atoms with Gasteiger partial charge in [-0.1, -0.05) is 0 Å². The van der Waals surface area contributed by atoms with E-state index in [1.807, 2.05) is 4.90 Å². The Bertz CT molecular complexity index is 787. The molecule has 0 saturated carbocycles. The Morgan fingerprint density at radius 1 is 1.15 bits per heavy atom. The molecule has 5 nitrogen and oxygen atoms in total. The van der Waals surface area contributed by atoms with E-state index < -0.39 is 0 Å². The van der Waals surface area contributed by atoms with Crippen LogP contribution in [0.5, 0.6) is 11.5 Å². The van der Waals surface area contributed by atoms with E-state index in [0.29, 0.717) is 11.7 Å². The van der Waals surface area contributed by atoms with Gasteiger partial charge in [-0.3, -0.25) is 4.79 Å². The molecule has 0 unspecified atom stereocenters. The van der Waals surface area contributed by atoms with Gasteiger partial charge in [0, 0.05) is 42.6 Å². The summed E-state index contributed by atoms with van der Waals surface area (Å²) in [6.07, 6.45) is 6.58. The first-order valence-corrected chi connectivity index (χ1v) is 9.55. The highest BCUT2D eigenvalue weighted by atomic mass is 16.5. The smallest absolute Gasteiger partial charge is 0.289 e. The van der Waals surface area contributed by atoms with E-state index in [4.69, 9.17) is 13.9 Å². The summed E-state index contributed by atoms with van der Waals surface area (Å²) in [6.45, 7) is 3.14. The highest BCUT2D eigenvalue weighted by Crippen LogP contribution is 2.42. The van der Waals surface area contributed by atoms with Crippen molar-refractivity contribution in [2.75, 3.05) is 26.3 Å². The summed E-state index contributed by atoms with van der Waals surface area (Å²) in [5.74, 6) is 3.20. The Kier molecular flexibility index (Phi) is 3.88. The van der Waals surface area contributed by atoms with Crippen LogP contribution in [-0.2, 0) is 19.3 Å². The van der Waals surface area contributed by atoms with Gasteiger partial charge in [-0.2, -0.15) is 0 Å². The van der Waals surface area contributed by atoms with Crippen molar-refractivity contribution in [1.82, 2.24) is 4.90 Å². The zero-order valence-electron chi connectivity index (χ0n) is 14.8. The molecule has 1 aromatic heterocycles. The summed E-state index contributed by atoms with van der Waals surface area (Å²) in [4.78, 5) is 14.3. The van der Waals surface area contributed by atoms with Crippen molar-refractivity contribution in [3.05, 3.63) is 46.9 Å². The standard InChI is InChI=1S/C21H23NO4/c23-21(18-2-1-9-24-18)22-7-3-14(4-8-22)12-17-16-6-11-25-19(16)13-15-5-10-26-20(15)17/h1-2,9,13-14H,3-8,10-12H2. The molecule has 26 heavy (non-hydrogen) atoms. The maximum atomic E-state index is 12.4. The van der Waals surface area contributed by atoms with Crippen LogP contribution in [0.4, 0.5) is 0 Å². The number of carbonyl (C=O) groups excluding carboxylic acids is 1. The van der Waals surface area contributed by atoms with Gasteiger partial charge >= 0.3 is 0 Å². The normalized spacial score (nSPS) is 19.0. The molecule has 0 radical (unpaired) electrons. The fraction of sp³-hybridized carbons (Fsp3) is 0.476. The summed E-state index contributed by atoms with van der Waals surface area (Å²) < 4.78 is 17.0. The van der Waals surface area contributed by atoms with Crippen LogP contribution in [0, 0.1) is 5.92 Å². The van der Waals surface area contributed by atoms with Crippen molar-refractivity contribution < 1.29 is 18.7 Å². The molecule has 136 valence electrons. The molecule has 3 aliphatic heterocycles. The molecular formula is C21H23NO4. The molecule has 5 rings (SSSR count). The molecule has 3 aliphatic rings. The summed E-state index contributed by atoms with van der Waals surface area (Å²) in [5.41, 5.74) is 4.01. The van der Waals surface area contributed by atoms with E-state index in [2.05, 4.69) is 6.07 Å². The zero-order valence-corrected chi connectivity index (χ0v) is 14.8. The Morgan fingerprint density at radius 3 is 2.81 bits per heavy atom. The maximum absolute atomic E-state index is 12.4. The second-order valence-electron chi connectivity index (χ2n) is 7.43. The number of hydrogen-bond acceptors (Lipinski definition) is 4. The van der Waals surface area contributed by atoms with Crippen molar-refractivity contribution in [3.8, 4) is 11.5 Å². The SMILES string of the molecule is O=C(c1ccco1)N1CCC(Cc2c3c(cc4c2OCC4)OCC3)CC1. The minimum Gasteiger partial charge on any atom is -0.493 e. The van der Waals surface area contributed by atoms with E-state index in [1.54, 1.807) is 18.4 Å². The number of benzene rings is 1. The number of furan rings is 1. The Hall–Kier alpha value is -2.43. The van der Waals surface area contributed by atoms with Gasteiger partial charge in [0.2, 0.25) is 0 Å². The van der Waals surface area contributed by atoms with Crippen LogP contribution >= 0.6 is 0 Å². The molecule has 4 heterocycles. The van der Waals surface area contributed by atoms with Gasteiger partial charge in [0.05, 0.1) is 19.5 Å². The molecule has 0 spiro atoms. The van der Waals surface area contributed by atoms with Crippen LogP contribution in [0.2, 0.25) is 0 Å². The second kappa shape index (κ2) is 6.38. The number of ether oxygens (including phenoxy) is 2. The zero-order chi connectivity index (χ0) is 17.5. The quantitative estimate of drug-likeness (QED) is 0.850. The third-order valence-corrected chi connectivity index (χ3v) is 5.89. The second-order valence-corrected chi connectivity index (χ2v) is 7.43. The lowest BCUT2D eigenvalue weighted by atomic mass is 9.86. The first kappa shape index (κ1) is 15.8. The average Bonchev–Trinajstić information content (AvgIpc) is 3.42. The van der Waals surface area contributed by atoms with Gasteiger partial charge in [0.1, 0.15) is 11.5 Å². The number of fused-ring (bicyclic) bond motifs is 2. The van der Waals surface area contributed by atoms with Gasteiger partial charge in [0.15, 0.2) is 5.76 Å². The summed E-state index contributed by atoms with van der Waals surface area (Å²) in [6, 6.07) is 5.68. The van der Waals surface area contributed by atoms with Gasteiger partial charge in [-0.25, -0.2) is 0 Å². The van der Waals surface area contributed by atoms with Crippen LogP contribution in [0.3, 0.4) is 0 Å². The number of hydrogen-bond donors (Lipinski definition) is 0. The molecule has 0 aliphatic carbocycles. The third-order valence-electron chi connectivity index (χ3n) is 5.89. The molecule has 0 bridgehead atoms. The molecule has 1 saturated heterocycles. The van der Waals surface area contributed by atoms with Crippen LogP contribution < -0.4 is 9.47 Å². The van der Waals surface area contributed by atoms with Crippen molar-refractivity contribution in [2.45, 2.75) is 32.1 Å². The Morgan fingerprint density at radius 2 is 2.00 bits per heavy atom. The lowest BCUT2D eigenvalue weighted by Gasteiger charge is -2.32. The van der Waals surface area contributed by atoms with E-state index in [0.717, 1.165) is 69.9 Å². The number of carbonyl (C=O) groups is 1. The van der Waals surface area contributed by atoms with Crippen LogP contribution in [0.1, 0.15) is 40.1 Å². The molecule has 0 N–H and O–H groups in total. The molecular weight excluding hydrogens is 330 g/mol. The predicted octanol–water partition coefficient (Wildman–Crippen LogP) is 3.24. The fourth-order valence-corrected chi connectivity index (χ4v) is 4.49. The molecule has 5 heteroatoms. The first-order chi connectivity index (χ1) is 12.8. The molecule has 1 fully saturated rings. The number of piperidine rings is 1. The summed E-state index contributed by atoms with van der Waals surface area (Å²) in [5, 5.41) is 0. The Balaban J connectivity index is 1.30. The number of amides is 1. The Labute approximate surface area is 152 Å². The predicted molar refractivity (Wildman–Crippen MR) is 95.9 cm³/mol. The van der Waals surface area contributed by atoms with Crippen LogP contribution in [0.15, 0.2) is 28.9 Å².